The van der Waals surface area contributed by atoms with Crippen LogP contribution < -0.4 is 5.73 Å². The Morgan fingerprint density at radius 3 is 2.24 bits per heavy atom. The van der Waals surface area contributed by atoms with Crippen LogP contribution in [0, 0.1) is 0 Å². The van der Waals surface area contributed by atoms with E-state index in [1.165, 1.54) is 87.9 Å². The van der Waals surface area contributed by atoms with Crippen LogP contribution in [0.2, 0.25) is 5.28 Å². The predicted molar refractivity (Wildman–Crippen MR) is 213 cm³/mol. The van der Waals surface area contributed by atoms with Gasteiger partial charge in [-0.1, -0.05) is 111 Å². The SMILES string of the molecule is CCCCCCCCCCCSC(CCCCCCCC)C(C)OOP(=O)(O)OP(=O)(OCCC)OC[C@H]1O[C@@H](n2cnc3c(N)nc(Cl)nc32)C[C@@H]1O. The molecule has 0 saturated carbocycles. The molecule has 15 nitrogen and oxygen atoms in total. The second kappa shape index (κ2) is 25.5. The van der Waals surface area contributed by atoms with E-state index >= 15 is 0 Å². The second-order valence-electron chi connectivity index (χ2n) is 13.9. The molecule has 312 valence electrons. The fourth-order valence-corrected chi connectivity index (χ4v) is 10.2. The van der Waals surface area contributed by atoms with E-state index in [1.807, 2.05) is 0 Å². The van der Waals surface area contributed by atoms with Crippen LogP contribution in [0.5, 0.6) is 0 Å². The summed E-state index contributed by atoms with van der Waals surface area (Å²) in [5.41, 5.74) is 6.52. The highest BCUT2D eigenvalue weighted by Crippen LogP contribution is 2.64. The maximum atomic E-state index is 13.6. The predicted octanol–water partition coefficient (Wildman–Crippen LogP) is 10.1. The van der Waals surface area contributed by atoms with E-state index in [0.29, 0.717) is 17.6 Å². The molecule has 3 heterocycles. The van der Waals surface area contributed by atoms with Crippen LogP contribution in [-0.4, -0.2) is 72.0 Å². The Kier molecular flexibility index (Phi) is 22.4. The Bertz CT molecular complexity index is 1450. The molecule has 0 aliphatic carbocycles. The van der Waals surface area contributed by atoms with E-state index in [4.69, 9.17) is 45.0 Å². The Morgan fingerprint density at radius 1 is 0.963 bits per heavy atom. The first-order chi connectivity index (χ1) is 25.9. The van der Waals surface area contributed by atoms with Gasteiger partial charge in [0.05, 0.1) is 25.6 Å². The topological polar surface area (TPSA) is 200 Å². The molecule has 0 aromatic carbocycles. The van der Waals surface area contributed by atoms with Gasteiger partial charge >= 0.3 is 15.6 Å². The maximum Gasteiger partial charge on any atom is 0.508 e. The number of nitrogens with two attached hydrogens (primary N) is 1. The van der Waals surface area contributed by atoms with Gasteiger partial charge in [0.15, 0.2) is 11.5 Å². The average Bonchev–Trinajstić information content (AvgIpc) is 3.73. The molecule has 0 radical (unpaired) electrons. The third kappa shape index (κ3) is 16.9. The third-order valence-electron chi connectivity index (χ3n) is 9.22. The Balaban J connectivity index is 1.53. The first-order valence-corrected chi connectivity index (χ1v) is 24.2. The summed E-state index contributed by atoms with van der Waals surface area (Å²) in [5.74, 6) is 1.04. The zero-order chi connectivity index (χ0) is 39.4. The number of unbranched alkanes of at least 4 members (excludes halogenated alkanes) is 13. The number of aliphatic hydroxyl groups is 1. The standard InChI is InChI=1S/C35H64ClN5O10P2S/c1-5-8-10-12-14-15-16-18-20-23-54-30(21-19-17-13-11-9-6-2)27(4)49-50-52(43,44)51-53(45,46-22-7-3)47-25-29-28(42)24-31(48-29)41-26-38-32-33(37)39-35(36)40-34(32)41/h26-31,42H,5-25H2,1-4H3,(H,43,44)(H2,37,39,40)/t27?,28-,29+,30?,31+,53?/m0/s1. The van der Waals surface area contributed by atoms with E-state index in [0.717, 1.165) is 31.4 Å². The van der Waals surface area contributed by atoms with Crippen molar-refractivity contribution in [2.24, 2.45) is 0 Å². The van der Waals surface area contributed by atoms with Crippen molar-refractivity contribution in [3.8, 4) is 0 Å². The molecule has 3 rings (SSSR count). The number of hydrogen-bond acceptors (Lipinski definition) is 14. The lowest BCUT2D eigenvalue weighted by Crippen LogP contribution is -2.26. The lowest BCUT2D eigenvalue weighted by molar-refractivity contribution is -0.252. The molecule has 1 saturated heterocycles. The van der Waals surface area contributed by atoms with Gasteiger partial charge in [-0.2, -0.15) is 26.0 Å². The zero-order valence-electron chi connectivity index (χ0n) is 32.5. The molecule has 54 heavy (non-hydrogen) atoms. The summed E-state index contributed by atoms with van der Waals surface area (Å²) in [6.07, 6.45) is 17.6. The van der Waals surface area contributed by atoms with E-state index in [9.17, 15) is 19.1 Å². The third-order valence-corrected chi connectivity index (χ3v) is 13.8. The van der Waals surface area contributed by atoms with E-state index in [2.05, 4.69) is 28.8 Å². The van der Waals surface area contributed by atoms with Gasteiger partial charge in [0.1, 0.15) is 24.0 Å². The fourth-order valence-electron chi connectivity index (χ4n) is 6.16. The molecule has 0 spiro atoms. The van der Waals surface area contributed by atoms with Gasteiger partial charge in [-0.3, -0.25) is 13.6 Å². The molecule has 4 N–H and O–H groups in total. The average molecular weight is 844 g/mol. The Labute approximate surface area is 330 Å². The Hall–Kier alpha value is -0.870. The monoisotopic (exact) mass is 843 g/mol. The first-order valence-electron chi connectivity index (χ1n) is 19.8. The van der Waals surface area contributed by atoms with Crippen LogP contribution in [0.4, 0.5) is 5.82 Å². The number of rotatable bonds is 31. The van der Waals surface area contributed by atoms with Crippen molar-refractivity contribution >= 4 is 56.0 Å². The van der Waals surface area contributed by atoms with Gasteiger partial charge in [0, 0.05) is 11.7 Å². The lowest BCUT2D eigenvalue weighted by Gasteiger charge is -2.25. The molecular weight excluding hydrogens is 780 g/mol. The summed E-state index contributed by atoms with van der Waals surface area (Å²) < 4.78 is 54.9. The van der Waals surface area contributed by atoms with Crippen LogP contribution in [0.3, 0.4) is 0 Å². The summed E-state index contributed by atoms with van der Waals surface area (Å²) in [6, 6.07) is 0. The molecule has 19 heteroatoms. The van der Waals surface area contributed by atoms with Gasteiger partial charge in [-0.25, -0.2) is 19.0 Å². The molecule has 2 aromatic rings. The van der Waals surface area contributed by atoms with E-state index in [1.54, 1.807) is 25.6 Å². The number of nitrogens with zero attached hydrogens (tertiary/aromatic N) is 4. The zero-order valence-corrected chi connectivity index (χ0v) is 35.9. The summed E-state index contributed by atoms with van der Waals surface area (Å²) >= 11 is 7.77. The molecular formula is C35H64ClN5O10P2S. The maximum absolute atomic E-state index is 13.6. The summed E-state index contributed by atoms with van der Waals surface area (Å²) in [7, 11) is -9.82. The minimum Gasteiger partial charge on any atom is -0.390 e. The van der Waals surface area contributed by atoms with Crippen molar-refractivity contribution < 1.29 is 46.8 Å². The van der Waals surface area contributed by atoms with Crippen LogP contribution >= 0.6 is 39.0 Å². The van der Waals surface area contributed by atoms with Gasteiger partial charge in [0.25, 0.3) is 0 Å². The Morgan fingerprint density at radius 2 is 1.59 bits per heavy atom. The van der Waals surface area contributed by atoms with Crippen molar-refractivity contribution in [3.63, 3.8) is 0 Å². The summed E-state index contributed by atoms with van der Waals surface area (Å²) in [6.45, 7) is 7.37. The molecule has 0 amide bonds. The molecule has 1 aliphatic heterocycles. The number of thioether (sulfide) groups is 1. The number of hydrogen-bond donors (Lipinski definition) is 3. The molecule has 1 aliphatic rings. The second-order valence-corrected chi connectivity index (χ2v) is 18.8. The minimum absolute atomic E-state index is 0.0186. The highest BCUT2D eigenvalue weighted by atomic mass is 35.5. The normalized spacial score (nSPS) is 21.0. The quantitative estimate of drug-likeness (QED) is 0.0213. The summed E-state index contributed by atoms with van der Waals surface area (Å²) in [4.78, 5) is 28.4. The number of anilines is 1. The first kappa shape index (κ1) is 47.5. The smallest absolute Gasteiger partial charge is 0.390 e. The van der Waals surface area contributed by atoms with E-state index in [-0.39, 0.29) is 29.4 Å². The van der Waals surface area contributed by atoms with Crippen molar-refractivity contribution in [3.05, 3.63) is 11.6 Å². The van der Waals surface area contributed by atoms with Crippen LogP contribution in [0.25, 0.3) is 11.2 Å². The fraction of sp³-hybridized carbons (Fsp3) is 0.857. The number of imidazole rings is 1. The van der Waals surface area contributed by atoms with Crippen molar-refractivity contribution in [2.75, 3.05) is 24.7 Å². The highest BCUT2D eigenvalue weighted by Gasteiger charge is 2.43. The number of phosphoric ester groups is 1. The number of fused-ring (bicyclic) bond motifs is 1. The van der Waals surface area contributed by atoms with Crippen molar-refractivity contribution in [1.29, 1.82) is 0 Å². The van der Waals surface area contributed by atoms with Crippen molar-refractivity contribution in [1.82, 2.24) is 19.5 Å². The van der Waals surface area contributed by atoms with Crippen LogP contribution in [0.1, 0.15) is 149 Å². The number of phosphoric acid groups is 2. The summed E-state index contributed by atoms with van der Waals surface area (Å²) in [5, 5.41) is 10.7. The number of halogens is 1. The largest absolute Gasteiger partial charge is 0.508 e. The minimum atomic E-state index is -5.11. The van der Waals surface area contributed by atoms with Gasteiger partial charge < -0.3 is 20.5 Å². The van der Waals surface area contributed by atoms with Gasteiger partial charge in [-0.05, 0) is 43.5 Å². The van der Waals surface area contributed by atoms with Gasteiger partial charge in [0.2, 0.25) is 5.28 Å². The molecule has 2 aromatic heterocycles. The lowest BCUT2D eigenvalue weighted by atomic mass is 10.1. The molecule has 0 bridgehead atoms. The number of aromatic nitrogens is 4. The number of aliphatic hydroxyl groups excluding tert-OH is 1. The number of nitrogen functional groups attached to an aromatic ring is 1. The highest BCUT2D eigenvalue weighted by molar-refractivity contribution is 7.99. The molecule has 1 fully saturated rings. The van der Waals surface area contributed by atoms with Crippen LogP contribution in [-0.2, 0) is 36.8 Å². The number of ether oxygens (including phenoxy) is 1. The van der Waals surface area contributed by atoms with Crippen LogP contribution in [0.15, 0.2) is 6.33 Å². The van der Waals surface area contributed by atoms with E-state index < -0.39 is 46.8 Å². The molecule has 4 unspecified atom stereocenters. The molecule has 7 atom stereocenters. The van der Waals surface area contributed by atoms with Gasteiger partial charge in [-0.15, -0.1) is 4.67 Å². The van der Waals surface area contributed by atoms with Crippen molar-refractivity contribution in [2.45, 2.75) is 173 Å².